The average Bonchev–Trinajstić information content (AvgIpc) is 3.65. The largest absolute Gasteiger partial charge is 0.449 e. The summed E-state index contributed by atoms with van der Waals surface area (Å²) in [5.74, 6) is 4.57. The Morgan fingerprint density at radius 1 is 0.270 bits per heavy atom. The summed E-state index contributed by atoms with van der Waals surface area (Å²) in [6, 6.07) is 77.9. The van der Waals surface area contributed by atoms with Crippen LogP contribution in [0.5, 0.6) is 23.0 Å². The standard InChI is InChI=1S/C58H37N3O2/c1-5-16-38(17-6-1)42-20-15-21-44(34-42)57-60-55(40-18-7-2-8-19-40)59-56(61-57)41-30-28-39(29-31-41)43-32-33-51-52(35-43)63-54-37-50-48(36-53(54)62-51)47-26-13-14-27-49(47)58(50,45-22-9-3-10-23-45)46-24-11-4-12-25-46/h1-37H. The van der Waals surface area contributed by atoms with Crippen molar-refractivity contribution in [2.75, 3.05) is 0 Å². The SMILES string of the molecule is c1ccc(-c2cccc(-c3nc(-c4ccccc4)nc(-c4ccc(-c5ccc6c(c5)Oc5cc7c(cc5O6)-c5ccccc5C7(c5ccccc5)c5ccccc5)cc4)n3)c2)cc1. The molecule has 0 saturated heterocycles. The average molecular weight is 808 g/mol. The first-order chi connectivity index (χ1) is 31.2. The molecule has 5 heteroatoms. The Kier molecular flexibility index (Phi) is 8.64. The Morgan fingerprint density at radius 2 is 0.714 bits per heavy atom. The van der Waals surface area contributed by atoms with Gasteiger partial charge in [-0.15, -0.1) is 0 Å². The molecular formula is C58H37N3O2. The molecule has 12 rings (SSSR count). The van der Waals surface area contributed by atoms with E-state index in [2.05, 4.69) is 182 Å². The Bertz CT molecular complexity index is 3280. The van der Waals surface area contributed by atoms with Gasteiger partial charge in [0.2, 0.25) is 0 Å². The van der Waals surface area contributed by atoms with Crippen LogP contribution in [0.4, 0.5) is 0 Å². The lowest BCUT2D eigenvalue weighted by Crippen LogP contribution is -2.28. The van der Waals surface area contributed by atoms with E-state index in [9.17, 15) is 0 Å². The third-order valence-corrected chi connectivity index (χ3v) is 12.3. The summed E-state index contributed by atoms with van der Waals surface area (Å²) in [5.41, 5.74) is 13.6. The number of rotatable bonds is 7. The van der Waals surface area contributed by atoms with Crippen LogP contribution in [0.3, 0.4) is 0 Å². The first kappa shape index (κ1) is 36.4. The smallest absolute Gasteiger partial charge is 0.170 e. The van der Waals surface area contributed by atoms with E-state index in [4.69, 9.17) is 24.4 Å². The Hall–Kier alpha value is -8.41. The van der Waals surface area contributed by atoms with Crippen molar-refractivity contribution in [3.05, 3.63) is 247 Å². The van der Waals surface area contributed by atoms with Gasteiger partial charge in [-0.3, -0.25) is 0 Å². The molecule has 63 heavy (non-hydrogen) atoms. The van der Waals surface area contributed by atoms with E-state index < -0.39 is 5.41 Å². The molecule has 0 unspecified atom stereocenters. The normalized spacial score (nSPS) is 12.8. The fourth-order valence-corrected chi connectivity index (χ4v) is 9.33. The summed E-state index contributed by atoms with van der Waals surface area (Å²) >= 11 is 0. The van der Waals surface area contributed by atoms with Crippen molar-refractivity contribution in [1.29, 1.82) is 0 Å². The molecular weight excluding hydrogens is 771 g/mol. The third kappa shape index (κ3) is 6.21. The van der Waals surface area contributed by atoms with Crippen LogP contribution in [0.1, 0.15) is 22.3 Å². The quantitative estimate of drug-likeness (QED) is 0.161. The first-order valence-electron chi connectivity index (χ1n) is 21.2. The summed E-state index contributed by atoms with van der Waals surface area (Å²) in [6.07, 6.45) is 0. The minimum atomic E-state index is -0.538. The summed E-state index contributed by atoms with van der Waals surface area (Å²) in [5, 5.41) is 0. The number of nitrogens with zero attached hydrogens (tertiary/aromatic N) is 3. The minimum Gasteiger partial charge on any atom is -0.449 e. The highest BCUT2D eigenvalue weighted by Crippen LogP contribution is 2.59. The van der Waals surface area contributed by atoms with Gasteiger partial charge >= 0.3 is 0 Å². The number of aromatic nitrogens is 3. The van der Waals surface area contributed by atoms with Crippen LogP contribution in [0.2, 0.25) is 0 Å². The van der Waals surface area contributed by atoms with Crippen LogP contribution >= 0.6 is 0 Å². The Labute approximate surface area is 365 Å². The topological polar surface area (TPSA) is 57.1 Å². The maximum atomic E-state index is 6.82. The molecule has 0 saturated carbocycles. The maximum Gasteiger partial charge on any atom is 0.170 e. The van der Waals surface area contributed by atoms with E-state index >= 15 is 0 Å². The molecule has 0 spiro atoms. The van der Waals surface area contributed by atoms with Gasteiger partial charge in [0.25, 0.3) is 0 Å². The molecule has 0 N–H and O–H groups in total. The Balaban J connectivity index is 0.895. The molecule has 1 aliphatic carbocycles. The van der Waals surface area contributed by atoms with Gasteiger partial charge in [0.15, 0.2) is 40.5 Å². The van der Waals surface area contributed by atoms with Crippen molar-refractivity contribution in [3.63, 3.8) is 0 Å². The molecule has 0 atom stereocenters. The molecule has 10 aromatic rings. The lowest BCUT2D eigenvalue weighted by Gasteiger charge is -2.34. The van der Waals surface area contributed by atoms with Gasteiger partial charge in [-0.2, -0.15) is 0 Å². The second-order valence-corrected chi connectivity index (χ2v) is 15.9. The van der Waals surface area contributed by atoms with Crippen LogP contribution in [-0.2, 0) is 5.41 Å². The van der Waals surface area contributed by atoms with Gasteiger partial charge in [-0.05, 0) is 86.0 Å². The van der Waals surface area contributed by atoms with Crippen LogP contribution in [0.15, 0.2) is 224 Å². The maximum absolute atomic E-state index is 6.82. The molecule has 9 aromatic carbocycles. The zero-order valence-electron chi connectivity index (χ0n) is 34.0. The van der Waals surface area contributed by atoms with Crippen LogP contribution in [0.25, 0.3) is 67.5 Å². The summed E-state index contributed by atoms with van der Waals surface area (Å²) < 4.78 is 13.5. The van der Waals surface area contributed by atoms with E-state index in [1.54, 1.807) is 0 Å². The monoisotopic (exact) mass is 807 g/mol. The van der Waals surface area contributed by atoms with E-state index in [1.165, 1.54) is 27.8 Å². The van der Waals surface area contributed by atoms with Gasteiger partial charge in [-0.25, -0.2) is 15.0 Å². The van der Waals surface area contributed by atoms with Crippen molar-refractivity contribution in [3.8, 4) is 90.5 Å². The molecule has 0 amide bonds. The number of hydrogen-bond donors (Lipinski definition) is 0. The zero-order chi connectivity index (χ0) is 41.7. The molecule has 0 fully saturated rings. The second kappa shape index (κ2) is 14.9. The van der Waals surface area contributed by atoms with Crippen molar-refractivity contribution in [2.24, 2.45) is 0 Å². The summed E-state index contributed by atoms with van der Waals surface area (Å²) in [6.45, 7) is 0. The summed E-state index contributed by atoms with van der Waals surface area (Å²) in [4.78, 5) is 15.0. The van der Waals surface area contributed by atoms with E-state index in [1.807, 2.05) is 42.5 Å². The van der Waals surface area contributed by atoms with Crippen molar-refractivity contribution >= 4 is 0 Å². The minimum absolute atomic E-state index is 0.538. The number of fused-ring (bicyclic) bond motifs is 5. The van der Waals surface area contributed by atoms with Crippen LogP contribution in [0, 0.1) is 0 Å². The van der Waals surface area contributed by atoms with Crippen LogP contribution in [-0.4, -0.2) is 15.0 Å². The lowest BCUT2D eigenvalue weighted by molar-refractivity contribution is 0.359. The predicted molar refractivity (Wildman–Crippen MR) is 251 cm³/mol. The fraction of sp³-hybridized carbons (Fsp3) is 0.0172. The van der Waals surface area contributed by atoms with Crippen molar-refractivity contribution < 1.29 is 9.47 Å². The van der Waals surface area contributed by atoms with E-state index in [0.29, 0.717) is 40.5 Å². The highest BCUT2D eigenvalue weighted by atomic mass is 16.6. The zero-order valence-corrected chi connectivity index (χ0v) is 34.0. The first-order valence-corrected chi connectivity index (χ1v) is 21.2. The van der Waals surface area contributed by atoms with Crippen molar-refractivity contribution in [2.45, 2.75) is 5.41 Å². The van der Waals surface area contributed by atoms with Gasteiger partial charge in [0.05, 0.1) is 5.41 Å². The molecule has 296 valence electrons. The van der Waals surface area contributed by atoms with E-state index in [-0.39, 0.29) is 0 Å². The fourth-order valence-electron chi connectivity index (χ4n) is 9.33. The lowest BCUT2D eigenvalue weighted by atomic mass is 9.67. The number of benzene rings is 9. The number of ether oxygens (including phenoxy) is 2. The predicted octanol–water partition coefficient (Wildman–Crippen LogP) is 14.5. The highest BCUT2D eigenvalue weighted by molar-refractivity contribution is 5.88. The third-order valence-electron chi connectivity index (χ3n) is 12.3. The summed E-state index contributed by atoms with van der Waals surface area (Å²) in [7, 11) is 0. The van der Waals surface area contributed by atoms with Crippen molar-refractivity contribution in [1.82, 2.24) is 15.0 Å². The van der Waals surface area contributed by atoms with Gasteiger partial charge in [0.1, 0.15) is 0 Å². The van der Waals surface area contributed by atoms with Gasteiger partial charge < -0.3 is 9.47 Å². The molecule has 0 radical (unpaired) electrons. The van der Waals surface area contributed by atoms with Crippen LogP contribution < -0.4 is 9.47 Å². The molecule has 2 heterocycles. The highest BCUT2D eigenvalue weighted by Gasteiger charge is 2.47. The number of hydrogen-bond acceptors (Lipinski definition) is 5. The van der Waals surface area contributed by atoms with Gasteiger partial charge in [-0.1, -0.05) is 194 Å². The molecule has 0 bridgehead atoms. The van der Waals surface area contributed by atoms with E-state index in [0.717, 1.165) is 44.5 Å². The molecule has 5 nitrogen and oxygen atoms in total. The Morgan fingerprint density at radius 3 is 1.40 bits per heavy atom. The molecule has 1 aromatic heterocycles. The molecule has 2 aliphatic rings. The second-order valence-electron chi connectivity index (χ2n) is 15.9. The molecule has 1 aliphatic heterocycles. The van der Waals surface area contributed by atoms with Gasteiger partial charge in [0, 0.05) is 16.7 Å².